The highest BCUT2D eigenvalue weighted by Crippen LogP contribution is 2.08. The average Bonchev–Trinajstić information content (AvgIpc) is 1.86. The van der Waals surface area contributed by atoms with Crippen molar-refractivity contribution in [1.82, 2.24) is 5.32 Å². The Morgan fingerprint density at radius 3 is 2.83 bits per heavy atom. The number of hydrogen-bond acceptors (Lipinski definition) is 1. The van der Waals surface area contributed by atoms with E-state index in [1.54, 1.807) is 0 Å². The van der Waals surface area contributed by atoms with E-state index in [0.717, 1.165) is 11.0 Å². The fourth-order valence-corrected chi connectivity index (χ4v) is 0.727. The van der Waals surface area contributed by atoms with Crippen molar-refractivity contribution in [2.75, 3.05) is 0 Å². The summed E-state index contributed by atoms with van der Waals surface area (Å²) in [5.74, 6) is 0. The summed E-state index contributed by atoms with van der Waals surface area (Å²) in [5, 5.41) is 2.97. The largest absolute Gasteiger partial charge is 0.375 e. The van der Waals surface area contributed by atoms with Gasteiger partial charge in [-0.25, -0.2) is 0 Å². The number of nitrogens with one attached hydrogen (secondary N) is 1. The van der Waals surface area contributed by atoms with Crippen molar-refractivity contribution >= 4 is 15.9 Å². The Kier molecular flexibility index (Phi) is 1.15. The first kappa shape index (κ1) is 4.19. The molecule has 1 aliphatic rings. The highest BCUT2D eigenvalue weighted by Gasteiger charge is 1.95. The first-order chi connectivity index (χ1) is 2.89. The molecule has 1 heterocycles. The van der Waals surface area contributed by atoms with Crippen LogP contribution in [0.5, 0.6) is 0 Å². The van der Waals surface area contributed by atoms with Gasteiger partial charge in [0.1, 0.15) is 0 Å². The van der Waals surface area contributed by atoms with Gasteiger partial charge in [-0.3, -0.25) is 0 Å². The van der Waals surface area contributed by atoms with E-state index in [9.17, 15) is 0 Å². The van der Waals surface area contributed by atoms with Gasteiger partial charge in [-0.1, -0.05) is 6.08 Å². The maximum absolute atomic E-state index is 3.26. The SMILES string of the molecule is BrC1=CC[CH]N1. The molecule has 0 spiro atoms. The van der Waals surface area contributed by atoms with Gasteiger partial charge in [0, 0.05) is 0 Å². The van der Waals surface area contributed by atoms with Crippen molar-refractivity contribution in [3.63, 3.8) is 0 Å². The minimum Gasteiger partial charge on any atom is -0.375 e. The maximum Gasteiger partial charge on any atom is 0.0743 e. The van der Waals surface area contributed by atoms with Crippen LogP contribution in [0.2, 0.25) is 0 Å². The lowest BCUT2D eigenvalue weighted by Crippen LogP contribution is -1.94. The molecule has 1 aliphatic heterocycles. The molecule has 6 heavy (non-hydrogen) atoms. The summed E-state index contributed by atoms with van der Waals surface area (Å²) in [7, 11) is 0. The summed E-state index contributed by atoms with van der Waals surface area (Å²) in [5.41, 5.74) is 0. The quantitative estimate of drug-likeness (QED) is 0.510. The van der Waals surface area contributed by atoms with Crippen LogP contribution >= 0.6 is 15.9 Å². The molecule has 0 aliphatic carbocycles. The number of rotatable bonds is 0. The Bertz CT molecular complexity index is 77.6. The summed E-state index contributed by atoms with van der Waals surface area (Å²) < 4.78 is 1.09. The zero-order valence-corrected chi connectivity index (χ0v) is 4.83. The summed E-state index contributed by atoms with van der Waals surface area (Å²) >= 11 is 3.26. The van der Waals surface area contributed by atoms with Crippen LogP contribution in [0.15, 0.2) is 10.7 Å². The Balaban J connectivity index is 2.45. The minimum atomic E-state index is 1.04. The number of hydrogen-bond donors (Lipinski definition) is 1. The molecule has 1 nitrogen and oxygen atoms in total. The molecule has 2 heteroatoms. The molecule has 0 aromatic rings. The van der Waals surface area contributed by atoms with Crippen molar-refractivity contribution in [2.24, 2.45) is 0 Å². The molecule has 0 fully saturated rings. The molecule has 1 radical (unpaired) electrons. The van der Waals surface area contributed by atoms with Gasteiger partial charge >= 0.3 is 0 Å². The Labute approximate surface area is 45.6 Å². The molecule has 0 saturated carbocycles. The highest BCUT2D eigenvalue weighted by molar-refractivity contribution is 9.11. The molecule has 0 unspecified atom stereocenters. The van der Waals surface area contributed by atoms with Crippen molar-refractivity contribution < 1.29 is 0 Å². The molecule has 0 bridgehead atoms. The third-order valence-electron chi connectivity index (χ3n) is 0.655. The summed E-state index contributed by atoms with van der Waals surface area (Å²) in [6.45, 7) is 1.99. The third-order valence-corrected chi connectivity index (χ3v) is 1.21. The summed E-state index contributed by atoms with van der Waals surface area (Å²) in [6.07, 6.45) is 3.11. The second-order valence-corrected chi connectivity index (χ2v) is 1.99. The van der Waals surface area contributed by atoms with Crippen molar-refractivity contribution in [2.45, 2.75) is 6.42 Å². The van der Waals surface area contributed by atoms with E-state index in [1.807, 2.05) is 6.54 Å². The van der Waals surface area contributed by atoms with Gasteiger partial charge in [-0.2, -0.15) is 0 Å². The van der Waals surface area contributed by atoms with E-state index in [-0.39, 0.29) is 0 Å². The standard InChI is InChI=1S/C4H5BrN/c5-4-2-1-3-6-4/h2-3,6H,1H2. The zero-order valence-electron chi connectivity index (χ0n) is 3.24. The molecule has 1 rings (SSSR count). The molecule has 0 aromatic heterocycles. The maximum atomic E-state index is 3.26. The molecular formula is C4H5BrN. The lowest BCUT2D eigenvalue weighted by molar-refractivity contribution is 1.06. The van der Waals surface area contributed by atoms with Crippen LogP contribution in [-0.2, 0) is 0 Å². The van der Waals surface area contributed by atoms with E-state index < -0.39 is 0 Å². The van der Waals surface area contributed by atoms with Crippen LogP contribution in [0.25, 0.3) is 0 Å². The Hall–Kier alpha value is 0.0200. The first-order valence-corrected chi connectivity index (χ1v) is 2.63. The fraction of sp³-hybridized carbons (Fsp3) is 0.250. The zero-order chi connectivity index (χ0) is 4.41. The second-order valence-electron chi connectivity index (χ2n) is 1.14. The van der Waals surface area contributed by atoms with Crippen molar-refractivity contribution in [3.8, 4) is 0 Å². The van der Waals surface area contributed by atoms with E-state index in [0.29, 0.717) is 0 Å². The fourth-order valence-electron chi connectivity index (χ4n) is 0.378. The van der Waals surface area contributed by atoms with E-state index in [1.165, 1.54) is 0 Å². The number of halogens is 1. The summed E-state index contributed by atoms with van der Waals surface area (Å²) in [4.78, 5) is 0. The van der Waals surface area contributed by atoms with Crippen LogP contribution < -0.4 is 5.32 Å². The minimum absolute atomic E-state index is 1.04. The Morgan fingerprint density at radius 1 is 1.83 bits per heavy atom. The Morgan fingerprint density at radius 2 is 2.67 bits per heavy atom. The van der Waals surface area contributed by atoms with Crippen LogP contribution in [-0.4, -0.2) is 0 Å². The van der Waals surface area contributed by atoms with Gasteiger partial charge in [0.05, 0.1) is 11.2 Å². The normalized spacial score (nSPS) is 19.8. The molecule has 0 aromatic carbocycles. The lowest BCUT2D eigenvalue weighted by atomic mass is 10.5. The smallest absolute Gasteiger partial charge is 0.0743 e. The first-order valence-electron chi connectivity index (χ1n) is 1.83. The van der Waals surface area contributed by atoms with E-state index in [2.05, 4.69) is 27.3 Å². The third kappa shape index (κ3) is 0.744. The monoisotopic (exact) mass is 146 g/mol. The van der Waals surface area contributed by atoms with Crippen LogP contribution in [0.1, 0.15) is 6.42 Å². The molecule has 0 atom stereocenters. The summed E-state index contributed by atoms with van der Waals surface area (Å²) in [6, 6.07) is 0. The van der Waals surface area contributed by atoms with Gasteiger partial charge < -0.3 is 5.32 Å². The molecule has 1 N–H and O–H groups in total. The molecule has 33 valence electrons. The molecular weight excluding hydrogens is 142 g/mol. The van der Waals surface area contributed by atoms with Crippen LogP contribution in [0.4, 0.5) is 0 Å². The lowest BCUT2D eigenvalue weighted by Gasteiger charge is -1.85. The van der Waals surface area contributed by atoms with Gasteiger partial charge in [-0.15, -0.1) is 0 Å². The molecule has 0 saturated heterocycles. The highest BCUT2D eigenvalue weighted by atomic mass is 79.9. The van der Waals surface area contributed by atoms with E-state index in [4.69, 9.17) is 0 Å². The predicted molar refractivity (Wildman–Crippen MR) is 29.1 cm³/mol. The van der Waals surface area contributed by atoms with Crippen LogP contribution in [0.3, 0.4) is 0 Å². The van der Waals surface area contributed by atoms with Crippen molar-refractivity contribution in [3.05, 3.63) is 17.2 Å². The van der Waals surface area contributed by atoms with Crippen LogP contribution in [0, 0.1) is 6.54 Å². The average molecular weight is 147 g/mol. The van der Waals surface area contributed by atoms with Crippen molar-refractivity contribution in [1.29, 1.82) is 0 Å². The second kappa shape index (κ2) is 1.65. The predicted octanol–water partition coefficient (Wildman–Crippen LogP) is 1.38. The van der Waals surface area contributed by atoms with Gasteiger partial charge in [0.25, 0.3) is 0 Å². The molecule has 0 amide bonds. The van der Waals surface area contributed by atoms with E-state index >= 15 is 0 Å². The van der Waals surface area contributed by atoms with Gasteiger partial charge in [0.15, 0.2) is 0 Å². The van der Waals surface area contributed by atoms with Gasteiger partial charge in [-0.05, 0) is 22.4 Å². The van der Waals surface area contributed by atoms with Gasteiger partial charge in [0.2, 0.25) is 0 Å². The topological polar surface area (TPSA) is 12.0 Å².